The summed E-state index contributed by atoms with van der Waals surface area (Å²) in [6.45, 7) is 6.29. The van der Waals surface area contributed by atoms with E-state index in [4.69, 9.17) is 5.73 Å². The van der Waals surface area contributed by atoms with Gasteiger partial charge in [0.05, 0.1) is 6.04 Å². The number of carbonyl (C=O) groups is 1. The number of benzene rings is 1. The second-order valence-corrected chi connectivity index (χ2v) is 5.51. The Labute approximate surface area is 108 Å². The van der Waals surface area contributed by atoms with E-state index in [0.29, 0.717) is 13.0 Å². The molecule has 0 saturated heterocycles. The van der Waals surface area contributed by atoms with Gasteiger partial charge < -0.3 is 11.1 Å². The normalized spacial score (nSPS) is 13.2. The highest BCUT2D eigenvalue weighted by atomic mass is 19.1. The van der Waals surface area contributed by atoms with Gasteiger partial charge in [0.1, 0.15) is 5.82 Å². The van der Waals surface area contributed by atoms with Gasteiger partial charge >= 0.3 is 0 Å². The first-order valence-electron chi connectivity index (χ1n) is 6.08. The average Bonchev–Trinajstić information content (AvgIpc) is 2.29. The third kappa shape index (κ3) is 4.45. The molecule has 1 rings (SSSR count). The Balaban J connectivity index is 2.38. The lowest BCUT2D eigenvalue weighted by molar-refractivity contribution is -0.124. The lowest BCUT2D eigenvalue weighted by Gasteiger charge is -2.25. The molecular weight excluding hydrogens is 231 g/mol. The topological polar surface area (TPSA) is 55.1 Å². The van der Waals surface area contributed by atoms with Gasteiger partial charge in [-0.05, 0) is 29.5 Å². The molecule has 1 aromatic rings. The Morgan fingerprint density at radius 1 is 1.33 bits per heavy atom. The Morgan fingerprint density at radius 2 is 1.89 bits per heavy atom. The molecule has 100 valence electrons. The van der Waals surface area contributed by atoms with Crippen molar-refractivity contribution in [2.75, 3.05) is 6.54 Å². The summed E-state index contributed by atoms with van der Waals surface area (Å²) in [5.74, 6) is -0.401. The number of nitrogens with one attached hydrogen (secondary N) is 1. The molecule has 0 heterocycles. The van der Waals surface area contributed by atoms with E-state index in [-0.39, 0.29) is 17.1 Å². The molecule has 1 atom stereocenters. The van der Waals surface area contributed by atoms with Crippen molar-refractivity contribution in [2.45, 2.75) is 33.2 Å². The third-order valence-corrected chi connectivity index (χ3v) is 2.84. The van der Waals surface area contributed by atoms with E-state index in [1.54, 1.807) is 12.1 Å². The maximum atomic E-state index is 12.7. The van der Waals surface area contributed by atoms with Crippen LogP contribution in [0.1, 0.15) is 26.3 Å². The minimum Gasteiger partial charge on any atom is -0.354 e. The first kappa shape index (κ1) is 14.6. The number of amides is 1. The summed E-state index contributed by atoms with van der Waals surface area (Å²) < 4.78 is 12.7. The summed E-state index contributed by atoms with van der Waals surface area (Å²) in [6, 6.07) is 5.73. The van der Waals surface area contributed by atoms with Gasteiger partial charge in [0.15, 0.2) is 0 Å². The molecule has 0 saturated carbocycles. The Morgan fingerprint density at radius 3 is 2.39 bits per heavy atom. The number of hydrogen-bond donors (Lipinski definition) is 2. The van der Waals surface area contributed by atoms with Crippen LogP contribution in [-0.4, -0.2) is 18.5 Å². The third-order valence-electron chi connectivity index (χ3n) is 2.84. The molecule has 0 fully saturated rings. The first-order valence-corrected chi connectivity index (χ1v) is 6.08. The molecule has 18 heavy (non-hydrogen) atoms. The average molecular weight is 252 g/mol. The zero-order chi connectivity index (χ0) is 13.8. The zero-order valence-corrected chi connectivity index (χ0v) is 11.2. The predicted octanol–water partition coefficient (Wildman–Crippen LogP) is 1.86. The number of nitrogens with two attached hydrogens (primary N) is 1. The van der Waals surface area contributed by atoms with Crippen LogP contribution < -0.4 is 11.1 Å². The molecule has 3 nitrogen and oxygen atoms in total. The monoisotopic (exact) mass is 252 g/mol. The van der Waals surface area contributed by atoms with E-state index in [1.807, 2.05) is 20.8 Å². The van der Waals surface area contributed by atoms with Gasteiger partial charge in [0.2, 0.25) is 5.91 Å². The molecule has 0 unspecified atom stereocenters. The van der Waals surface area contributed by atoms with Gasteiger partial charge in [-0.2, -0.15) is 0 Å². The summed E-state index contributed by atoms with van der Waals surface area (Å²) in [6.07, 6.45) is 0.670. The van der Waals surface area contributed by atoms with Crippen molar-refractivity contribution in [1.82, 2.24) is 5.32 Å². The zero-order valence-electron chi connectivity index (χ0n) is 11.2. The van der Waals surface area contributed by atoms with Crippen molar-refractivity contribution >= 4 is 5.91 Å². The fourth-order valence-corrected chi connectivity index (χ4v) is 1.48. The van der Waals surface area contributed by atoms with Crippen LogP contribution in [0.2, 0.25) is 0 Å². The quantitative estimate of drug-likeness (QED) is 0.859. The van der Waals surface area contributed by atoms with Gasteiger partial charge in [0.25, 0.3) is 0 Å². The van der Waals surface area contributed by atoms with Crippen LogP contribution in [0.3, 0.4) is 0 Å². The van der Waals surface area contributed by atoms with E-state index < -0.39 is 6.04 Å². The summed E-state index contributed by atoms with van der Waals surface area (Å²) in [7, 11) is 0. The standard InChI is InChI=1S/C14H21FN2O/c1-14(2,3)12(16)13(18)17-9-8-10-4-6-11(15)7-5-10/h4-7,12H,8-9,16H2,1-3H3,(H,17,18)/t12-/m1/s1. The van der Waals surface area contributed by atoms with Crippen LogP contribution in [0.5, 0.6) is 0 Å². The van der Waals surface area contributed by atoms with Gasteiger partial charge in [-0.3, -0.25) is 4.79 Å². The lowest BCUT2D eigenvalue weighted by Crippen LogP contribution is -2.48. The molecule has 4 heteroatoms. The summed E-state index contributed by atoms with van der Waals surface area (Å²) >= 11 is 0. The fraction of sp³-hybridized carbons (Fsp3) is 0.500. The fourth-order valence-electron chi connectivity index (χ4n) is 1.48. The molecule has 1 amide bonds. The van der Waals surface area contributed by atoms with E-state index in [0.717, 1.165) is 5.56 Å². The molecule has 1 aromatic carbocycles. The van der Waals surface area contributed by atoms with E-state index in [9.17, 15) is 9.18 Å². The molecule has 0 aliphatic rings. The molecular formula is C14H21FN2O. The SMILES string of the molecule is CC(C)(C)[C@H](N)C(=O)NCCc1ccc(F)cc1. The van der Waals surface area contributed by atoms with E-state index in [2.05, 4.69) is 5.32 Å². The molecule has 0 radical (unpaired) electrons. The lowest BCUT2D eigenvalue weighted by atomic mass is 9.87. The maximum Gasteiger partial charge on any atom is 0.237 e. The van der Waals surface area contributed by atoms with Crippen LogP contribution in [0.25, 0.3) is 0 Å². The highest BCUT2D eigenvalue weighted by Crippen LogP contribution is 2.17. The highest BCUT2D eigenvalue weighted by molar-refractivity contribution is 5.82. The Kier molecular flexibility index (Phi) is 4.84. The number of halogens is 1. The summed E-state index contributed by atoms with van der Waals surface area (Å²) in [5, 5.41) is 2.79. The Hall–Kier alpha value is -1.42. The number of hydrogen-bond acceptors (Lipinski definition) is 2. The second kappa shape index (κ2) is 5.96. The molecule has 3 N–H and O–H groups in total. The molecule has 0 aromatic heterocycles. The molecule has 0 aliphatic heterocycles. The smallest absolute Gasteiger partial charge is 0.237 e. The number of rotatable bonds is 4. The molecule has 0 aliphatic carbocycles. The van der Waals surface area contributed by atoms with Crippen molar-refractivity contribution in [3.63, 3.8) is 0 Å². The summed E-state index contributed by atoms with van der Waals surface area (Å²) in [5.41, 5.74) is 6.57. The van der Waals surface area contributed by atoms with Gasteiger partial charge in [-0.1, -0.05) is 32.9 Å². The van der Waals surface area contributed by atoms with Crippen molar-refractivity contribution in [3.8, 4) is 0 Å². The largest absolute Gasteiger partial charge is 0.354 e. The minimum atomic E-state index is -0.522. The van der Waals surface area contributed by atoms with Gasteiger partial charge in [-0.25, -0.2) is 4.39 Å². The first-order chi connectivity index (χ1) is 8.30. The van der Waals surface area contributed by atoms with Crippen LogP contribution in [0.4, 0.5) is 4.39 Å². The molecule has 0 bridgehead atoms. The van der Waals surface area contributed by atoms with Crippen LogP contribution in [-0.2, 0) is 11.2 Å². The Bertz CT molecular complexity index is 395. The van der Waals surface area contributed by atoms with Crippen LogP contribution in [0, 0.1) is 11.2 Å². The van der Waals surface area contributed by atoms with Gasteiger partial charge in [-0.15, -0.1) is 0 Å². The highest BCUT2D eigenvalue weighted by Gasteiger charge is 2.26. The predicted molar refractivity (Wildman–Crippen MR) is 70.5 cm³/mol. The van der Waals surface area contributed by atoms with Crippen molar-refractivity contribution in [3.05, 3.63) is 35.6 Å². The van der Waals surface area contributed by atoms with E-state index in [1.165, 1.54) is 12.1 Å². The number of carbonyl (C=O) groups excluding carboxylic acids is 1. The second-order valence-electron chi connectivity index (χ2n) is 5.51. The van der Waals surface area contributed by atoms with Crippen molar-refractivity contribution < 1.29 is 9.18 Å². The van der Waals surface area contributed by atoms with Crippen LogP contribution in [0.15, 0.2) is 24.3 Å². The van der Waals surface area contributed by atoms with Gasteiger partial charge in [0, 0.05) is 6.54 Å². The van der Waals surface area contributed by atoms with Crippen molar-refractivity contribution in [2.24, 2.45) is 11.1 Å². The maximum absolute atomic E-state index is 12.7. The van der Waals surface area contributed by atoms with E-state index >= 15 is 0 Å². The van der Waals surface area contributed by atoms with Crippen molar-refractivity contribution in [1.29, 1.82) is 0 Å². The minimum absolute atomic E-state index is 0.149. The summed E-state index contributed by atoms with van der Waals surface area (Å²) in [4.78, 5) is 11.7. The van der Waals surface area contributed by atoms with Crippen LogP contribution >= 0.6 is 0 Å². The molecule has 0 spiro atoms.